The van der Waals surface area contributed by atoms with E-state index in [1.165, 1.54) is 11.3 Å². The highest BCUT2D eigenvalue weighted by Crippen LogP contribution is 2.13. The third-order valence-electron chi connectivity index (χ3n) is 1.60. The first-order valence-electron chi connectivity index (χ1n) is 4.05. The van der Waals surface area contributed by atoms with E-state index in [2.05, 4.69) is 9.97 Å². The summed E-state index contributed by atoms with van der Waals surface area (Å²) in [6.45, 7) is 1.80. The van der Waals surface area contributed by atoms with Gasteiger partial charge in [-0.2, -0.15) is 0 Å². The van der Waals surface area contributed by atoms with Crippen LogP contribution in [0.2, 0.25) is 0 Å². The van der Waals surface area contributed by atoms with Crippen molar-refractivity contribution < 1.29 is 4.42 Å². The predicted molar refractivity (Wildman–Crippen MR) is 56.7 cm³/mol. The normalized spacial score (nSPS) is 11.2. The van der Waals surface area contributed by atoms with Gasteiger partial charge >= 0.3 is 0 Å². The Labute approximate surface area is 85.1 Å². The molecular formula is C9H9N3OS. The van der Waals surface area contributed by atoms with Crippen molar-refractivity contribution in [1.29, 1.82) is 0 Å². The van der Waals surface area contributed by atoms with Crippen LogP contribution in [0.4, 0.5) is 5.13 Å². The van der Waals surface area contributed by atoms with Crippen molar-refractivity contribution in [3.63, 3.8) is 0 Å². The van der Waals surface area contributed by atoms with E-state index in [4.69, 9.17) is 10.2 Å². The fourth-order valence-corrected chi connectivity index (χ4v) is 1.54. The van der Waals surface area contributed by atoms with Crippen molar-refractivity contribution >= 4 is 28.6 Å². The number of nitrogens with zero attached hydrogens (tertiary/aromatic N) is 2. The Balaban J connectivity index is 2.14. The van der Waals surface area contributed by atoms with E-state index >= 15 is 0 Å². The van der Waals surface area contributed by atoms with E-state index in [0.29, 0.717) is 11.0 Å². The molecule has 2 aromatic rings. The summed E-state index contributed by atoms with van der Waals surface area (Å²) in [5.41, 5.74) is 7.12. The summed E-state index contributed by atoms with van der Waals surface area (Å²) >= 11 is 1.42. The standard InChI is InChI=1S/C9H9N3OS/c1-6-11-7(4-13-6)2-3-8-5-14-9(10)12-8/h2-5H,1H3,(H2,10,12). The van der Waals surface area contributed by atoms with Gasteiger partial charge in [-0.3, -0.25) is 0 Å². The number of hydrogen-bond acceptors (Lipinski definition) is 5. The van der Waals surface area contributed by atoms with Crippen molar-refractivity contribution in [3.8, 4) is 0 Å². The number of thiazole rings is 1. The van der Waals surface area contributed by atoms with Crippen LogP contribution in [-0.2, 0) is 0 Å². The molecule has 2 N–H and O–H groups in total. The van der Waals surface area contributed by atoms with Gasteiger partial charge in [0.2, 0.25) is 0 Å². The minimum atomic E-state index is 0.570. The molecule has 0 bridgehead atoms. The average molecular weight is 207 g/mol. The molecule has 0 aromatic carbocycles. The SMILES string of the molecule is Cc1nc(C=Cc2csc(N)n2)co1. The molecule has 72 valence electrons. The average Bonchev–Trinajstić information content (AvgIpc) is 2.72. The van der Waals surface area contributed by atoms with Crippen molar-refractivity contribution in [2.45, 2.75) is 6.92 Å². The Morgan fingerprint density at radius 2 is 2.14 bits per heavy atom. The molecule has 0 aliphatic carbocycles. The molecule has 0 spiro atoms. The summed E-state index contributed by atoms with van der Waals surface area (Å²) in [5, 5.41) is 2.46. The lowest BCUT2D eigenvalue weighted by molar-refractivity contribution is 0.521. The largest absolute Gasteiger partial charge is 0.449 e. The summed E-state index contributed by atoms with van der Waals surface area (Å²) in [4.78, 5) is 8.21. The molecule has 0 saturated heterocycles. The number of anilines is 1. The van der Waals surface area contributed by atoms with Crippen LogP contribution < -0.4 is 5.73 Å². The third kappa shape index (κ3) is 2.00. The van der Waals surface area contributed by atoms with E-state index < -0.39 is 0 Å². The second kappa shape index (κ2) is 3.63. The van der Waals surface area contributed by atoms with E-state index in [1.807, 2.05) is 17.5 Å². The van der Waals surface area contributed by atoms with Gasteiger partial charge in [-0.05, 0) is 12.2 Å². The van der Waals surface area contributed by atoms with Gasteiger partial charge in [-0.25, -0.2) is 9.97 Å². The lowest BCUT2D eigenvalue weighted by atomic mass is 10.3. The maximum Gasteiger partial charge on any atom is 0.191 e. The Morgan fingerprint density at radius 3 is 2.71 bits per heavy atom. The van der Waals surface area contributed by atoms with Gasteiger partial charge in [0.15, 0.2) is 11.0 Å². The molecule has 0 aliphatic rings. The number of rotatable bonds is 2. The zero-order valence-electron chi connectivity index (χ0n) is 7.60. The van der Waals surface area contributed by atoms with Crippen LogP contribution in [0.1, 0.15) is 17.3 Å². The predicted octanol–water partition coefficient (Wildman–Crippen LogP) is 2.19. The highest BCUT2D eigenvalue weighted by atomic mass is 32.1. The number of aromatic nitrogens is 2. The van der Waals surface area contributed by atoms with Crippen molar-refractivity contribution in [1.82, 2.24) is 9.97 Å². The molecule has 0 unspecified atom stereocenters. The Morgan fingerprint density at radius 1 is 1.36 bits per heavy atom. The molecule has 5 heteroatoms. The van der Waals surface area contributed by atoms with Crippen LogP contribution in [0.5, 0.6) is 0 Å². The van der Waals surface area contributed by atoms with Gasteiger partial charge in [-0.1, -0.05) is 0 Å². The van der Waals surface area contributed by atoms with E-state index in [-0.39, 0.29) is 0 Å². The van der Waals surface area contributed by atoms with E-state index in [1.54, 1.807) is 13.2 Å². The van der Waals surface area contributed by atoms with Crippen LogP contribution in [-0.4, -0.2) is 9.97 Å². The quantitative estimate of drug-likeness (QED) is 0.819. The molecule has 2 aromatic heterocycles. The smallest absolute Gasteiger partial charge is 0.191 e. The second-order valence-electron chi connectivity index (χ2n) is 2.74. The minimum absolute atomic E-state index is 0.570. The summed E-state index contributed by atoms with van der Waals surface area (Å²) in [6, 6.07) is 0. The van der Waals surface area contributed by atoms with Gasteiger partial charge in [0.1, 0.15) is 12.0 Å². The van der Waals surface area contributed by atoms with Crippen LogP contribution in [0, 0.1) is 6.92 Å². The van der Waals surface area contributed by atoms with Crippen molar-refractivity contribution in [2.24, 2.45) is 0 Å². The van der Waals surface area contributed by atoms with Gasteiger partial charge < -0.3 is 10.2 Å². The Bertz CT molecular complexity index is 416. The number of aryl methyl sites for hydroxylation is 1. The molecule has 2 heterocycles. The molecule has 4 nitrogen and oxygen atoms in total. The molecule has 0 aliphatic heterocycles. The lowest BCUT2D eigenvalue weighted by Crippen LogP contribution is -1.81. The molecule has 0 saturated carbocycles. The number of oxazole rings is 1. The fraction of sp³-hybridized carbons (Fsp3) is 0.111. The number of hydrogen-bond donors (Lipinski definition) is 1. The zero-order valence-corrected chi connectivity index (χ0v) is 8.41. The fourth-order valence-electron chi connectivity index (χ4n) is 1.00. The summed E-state index contributed by atoms with van der Waals surface area (Å²) < 4.78 is 5.05. The summed E-state index contributed by atoms with van der Waals surface area (Å²) in [6.07, 6.45) is 5.29. The molecule has 0 amide bonds. The zero-order chi connectivity index (χ0) is 9.97. The van der Waals surface area contributed by atoms with Gasteiger partial charge in [0.25, 0.3) is 0 Å². The van der Waals surface area contributed by atoms with Gasteiger partial charge in [-0.15, -0.1) is 11.3 Å². The van der Waals surface area contributed by atoms with Crippen molar-refractivity contribution in [2.75, 3.05) is 5.73 Å². The van der Waals surface area contributed by atoms with Crippen molar-refractivity contribution in [3.05, 3.63) is 28.9 Å². The molecule has 0 radical (unpaired) electrons. The maximum atomic E-state index is 5.49. The van der Waals surface area contributed by atoms with E-state index in [9.17, 15) is 0 Å². The Hall–Kier alpha value is -1.62. The van der Waals surface area contributed by atoms with Crippen LogP contribution in [0.3, 0.4) is 0 Å². The first kappa shape index (κ1) is 8.96. The first-order chi connectivity index (χ1) is 6.74. The number of nitrogens with two attached hydrogens (primary N) is 1. The highest BCUT2D eigenvalue weighted by molar-refractivity contribution is 7.13. The molecule has 14 heavy (non-hydrogen) atoms. The topological polar surface area (TPSA) is 64.9 Å². The molecule has 2 rings (SSSR count). The molecule has 0 atom stereocenters. The van der Waals surface area contributed by atoms with Crippen LogP contribution >= 0.6 is 11.3 Å². The summed E-state index contributed by atoms with van der Waals surface area (Å²) in [7, 11) is 0. The molecule has 0 fully saturated rings. The van der Waals surface area contributed by atoms with Crippen LogP contribution in [0.25, 0.3) is 12.2 Å². The minimum Gasteiger partial charge on any atom is -0.449 e. The Kier molecular flexibility index (Phi) is 2.32. The van der Waals surface area contributed by atoms with Gasteiger partial charge in [0, 0.05) is 12.3 Å². The monoisotopic (exact) mass is 207 g/mol. The first-order valence-corrected chi connectivity index (χ1v) is 4.93. The second-order valence-corrected chi connectivity index (χ2v) is 3.63. The number of nitrogen functional groups attached to an aromatic ring is 1. The molecular weight excluding hydrogens is 198 g/mol. The van der Waals surface area contributed by atoms with Gasteiger partial charge in [0.05, 0.1) is 5.69 Å². The third-order valence-corrected chi connectivity index (χ3v) is 2.29. The highest BCUT2D eigenvalue weighted by Gasteiger charge is 1.96. The summed E-state index contributed by atoms with van der Waals surface area (Å²) in [5.74, 6) is 0.655. The maximum absolute atomic E-state index is 5.49. The lowest BCUT2D eigenvalue weighted by Gasteiger charge is -1.81. The van der Waals surface area contributed by atoms with Crippen LogP contribution in [0.15, 0.2) is 16.1 Å². The van der Waals surface area contributed by atoms with E-state index in [0.717, 1.165) is 11.4 Å².